The molecule has 0 radical (unpaired) electrons. The number of phenols is 6. The van der Waals surface area contributed by atoms with E-state index in [9.17, 15) is 40.2 Å². The van der Waals surface area contributed by atoms with Crippen molar-refractivity contribution in [2.24, 2.45) is 17.8 Å². The zero-order valence-electron chi connectivity index (χ0n) is 30.6. The highest BCUT2D eigenvalue weighted by atomic mass is 16.3. The van der Waals surface area contributed by atoms with Gasteiger partial charge in [0.2, 0.25) is 0 Å². The van der Waals surface area contributed by atoms with E-state index in [-0.39, 0.29) is 52.6 Å². The largest absolute Gasteiger partial charge is 0.507 e. The third-order valence-electron chi connectivity index (χ3n) is 9.37. The van der Waals surface area contributed by atoms with Gasteiger partial charge in [0.15, 0.2) is 11.6 Å². The molecule has 0 aliphatic rings. The highest BCUT2D eigenvalue weighted by molar-refractivity contribution is 6.05. The SMILES string of the molecule is CCC(C)C(=O)c1c(O)c(CC=C(C)C)c(O)c(C(CCCCC(C)C)c2c(O)c(CC=C(C)C)c(O)c(C(=O)C(C)CC)c2O)c1O. The summed E-state index contributed by atoms with van der Waals surface area (Å²) in [5, 5.41) is 70.3. The standard InChI is InChI=1S/C40H58O8/c1-11-24(9)33(41)31-37(45)27(19-17-22(5)6)35(43)29(39(31)47)26(16-14-13-15-21(3)4)30-36(44)28(20-18-23(7)8)38(46)32(40(30)48)34(42)25(10)12-2/h17-18,21,24-26,43-48H,11-16,19-20H2,1-10H3. The van der Waals surface area contributed by atoms with Crippen molar-refractivity contribution in [1.29, 1.82) is 0 Å². The molecule has 8 heteroatoms. The van der Waals surface area contributed by atoms with E-state index in [0.29, 0.717) is 25.2 Å². The van der Waals surface area contributed by atoms with Crippen LogP contribution in [0.25, 0.3) is 0 Å². The number of Topliss-reactive ketones (excluding diaryl/α,β-unsaturated/α-hetero) is 2. The molecule has 2 aromatic rings. The monoisotopic (exact) mass is 666 g/mol. The molecule has 0 spiro atoms. The number of carbonyl (C=O) groups is 2. The molecule has 0 aliphatic carbocycles. The average molecular weight is 667 g/mol. The van der Waals surface area contributed by atoms with Crippen LogP contribution >= 0.6 is 0 Å². The van der Waals surface area contributed by atoms with E-state index in [1.165, 1.54) is 0 Å². The normalized spacial score (nSPS) is 13.2. The Bertz CT molecular complexity index is 1430. The van der Waals surface area contributed by atoms with Gasteiger partial charge in [0.05, 0.1) is 0 Å². The van der Waals surface area contributed by atoms with E-state index < -0.39 is 63.8 Å². The van der Waals surface area contributed by atoms with Gasteiger partial charge in [0.1, 0.15) is 45.6 Å². The molecular formula is C40H58O8. The Labute approximate surface area is 286 Å². The first-order valence-corrected chi connectivity index (χ1v) is 17.4. The zero-order valence-corrected chi connectivity index (χ0v) is 30.6. The fourth-order valence-corrected chi connectivity index (χ4v) is 5.89. The molecule has 2 unspecified atom stereocenters. The van der Waals surface area contributed by atoms with Crippen LogP contribution in [0.15, 0.2) is 23.3 Å². The molecule has 0 heterocycles. The maximum atomic E-state index is 13.7. The quantitative estimate of drug-likeness (QED) is 0.0554. The Morgan fingerprint density at radius 3 is 1.23 bits per heavy atom. The number of ketones is 2. The number of allylic oxidation sites excluding steroid dienone is 4. The van der Waals surface area contributed by atoms with Crippen molar-refractivity contribution in [2.75, 3.05) is 0 Å². The molecule has 0 aliphatic heterocycles. The summed E-state index contributed by atoms with van der Waals surface area (Å²) in [5.74, 6) is -6.14. The van der Waals surface area contributed by atoms with Crippen LogP contribution in [0.5, 0.6) is 34.5 Å². The van der Waals surface area contributed by atoms with Crippen molar-refractivity contribution in [3.8, 4) is 34.5 Å². The molecule has 48 heavy (non-hydrogen) atoms. The van der Waals surface area contributed by atoms with Crippen LogP contribution in [0.1, 0.15) is 157 Å². The van der Waals surface area contributed by atoms with Crippen LogP contribution in [0.2, 0.25) is 0 Å². The average Bonchev–Trinajstić information content (AvgIpc) is 3.01. The fraction of sp³-hybridized carbons (Fsp3) is 0.550. The van der Waals surface area contributed by atoms with Crippen molar-refractivity contribution in [2.45, 2.75) is 127 Å². The van der Waals surface area contributed by atoms with Crippen LogP contribution in [-0.4, -0.2) is 42.2 Å². The minimum atomic E-state index is -1.12. The van der Waals surface area contributed by atoms with Gasteiger partial charge in [-0.25, -0.2) is 0 Å². The van der Waals surface area contributed by atoms with Crippen molar-refractivity contribution in [1.82, 2.24) is 0 Å². The maximum absolute atomic E-state index is 13.7. The van der Waals surface area contributed by atoms with Gasteiger partial charge >= 0.3 is 0 Å². The number of unbranched alkanes of at least 4 members (excludes halogenated alkanes) is 1. The van der Waals surface area contributed by atoms with Gasteiger partial charge in [-0.1, -0.05) is 84.1 Å². The highest BCUT2D eigenvalue weighted by Crippen LogP contribution is 2.55. The second kappa shape index (κ2) is 17.5. The van der Waals surface area contributed by atoms with Crippen LogP contribution in [-0.2, 0) is 12.8 Å². The summed E-state index contributed by atoms with van der Waals surface area (Å²) >= 11 is 0. The molecule has 0 bridgehead atoms. The maximum Gasteiger partial charge on any atom is 0.173 e. The van der Waals surface area contributed by atoms with Gasteiger partial charge in [-0.2, -0.15) is 0 Å². The minimum Gasteiger partial charge on any atom is -0.507 e. The summed E-state index contributed by atoms with van der Waals surface area (Å²) in [7, 11) is 0. The Balaban J connectivity index is 3.22. The van der Waals surface area contributed by atoms with Gasteiger partial charge in [0, 0.05) is 40.0 Å². The lowest BCUT2D eigenvalue weighted by molar-refractivity contribution is 0.0913. The number of benzene rings is 2. The summed E-state index contributed by atoms with van der Waals surface area (Å²) in [6.45, 7) is 18.6. The lowest BCUT2D eigenvalue weighted by Gasteiger charge is -2.28. The highest BCUT2D eigenvalue weighted by Gasteiger charge is 2.38. The third-order valence-corrected chi connectivity index (χ3v) is 9.37. The van der Waals surface area contributed by atoms with Crippen molar-refractivity contribution in [3.05, 3.63) is 56.7 Å². The first-order valence-electron chi connectivity index (χ1n) is 17.4. The predicted molar refractivity (Wildman–Crippen MR) is 192 cm³/mol. The van der Waals surface area contributed by atoms with E-state index in [1.807, 2.05) is 41.5 Å². The van der Waals surface area contributed by atoms with Crippen LogP contribution < -0.4 is 0 Å². The number of hydrogen-bond donors (Lipinski definition) is 6. The van der Waals surface area contributed by atoms with E-state index in [2.05, 4.69) is 13.8 Å². The lowest BCUT2D eigenvalue weighted by atomic mass is 9.78. The van der Waals surface area contributed by atoms with Gasteiger partial charge in [-0.3, -0.25) is 9.59 Å². The summed E-state index contributed by atoms with van der Waals surface area (Å²) in [6, 6.07) is 0. The van der Waals surface area contributed by atoms with Crippen LogP contribution in [0, 0.1) is 17.8 Å². The van der Waals surface area contributed by atoms with Gasteiger partial charge in [-0.15, -0.1) is 0 Å². The van der Waals surface area contributed by atoms with E-state index >= 15 is 0 Å². The second-order valence-corrected chi connectivity index (χ2v) is 14.2. The van der Waals surface area contributed by atoms with Crippen molar-refractivity contribution < 1.29 is 40.2 Å². The molecule has 266 valence electrons. The number of aromatic hydroxyl groups is 6. The number of carbonyl (C=O) groups excluding carboxylic acids is 2. The molecule has 2 rings (SSSR count). The van der Waals surface area contributed by atoms with Gasteiger partial charge in [-0.05, 0) is 65.7 Å². The molecule has 8 nitrogen and oxygen atoms in total. The Hall–Kier alpha value is -3.94. The van der Waals surface area contributed by atoms with E-state index in [4.69, 9.17) is 0 Å². The first kappa shape index (κ1) is 40.2. The Kier molecular flexibility index (Phi) is 14.6. The molecule has 0 saturated heterocycles. The molecule has 0 fully saturated rings. The van der Waals surface area contributed by atoms with Crippen LogP contribution in [0.3, 0.4) is 0 Å². The van der Waals surface area contributed by atoms with Crippen molar-refractivity contribution >= 4 is 11.6 Å². The number of hydrogen-bond acceptors (Lipinski definition) is 8. The molecule has 0 amide bonds. The summed E-state index contributed by atoms with van der Waals surface area (Å²) in [5.41, 5.74) is 0.922. The molecular weight excluding hydrogens is 608 g/mol. The minimum absolute atomic E-state index is 0.0289. The van der Waals surface area contributed by atoms with Gasteiger partial charge < -0.3 is 30.6 Å². The zero-order chi connectivity index (χ0) is 36.6. The number of rotatable bonds is 17. The Morgan fingerprint density at radius 2 is 0.917 bits per heavy atom. The Morgan fingerprint density at radius 1 is 0.562 bits per heavy atom. The summed E-state index contributed by atoms with van der Waals surface area (Å²) in [4.78, 5) is 27.4. The van der Waals surface area contributed by atoms with Crippen molar-refractivity contribution in [3.63, 3.8) is 0 Å². The predicted octanol–water partition coefficient (Wildman–Crippen LogP) is 9.74. The molecule has 0 aromatic heterocycles. The smallest absolute Gasteiger partial charge is 0.173 e. The molecule has 0 saturated carbocycles. The second-order valence-electron chi connectivity index (χ2n) is 14.2. The first-order chi connectivity index (χ1) is 22.4. The van der Waals surface area contributed by atoms with Gasteiger partial charge in [0.25, 0.3) is 0 Å². The summed E-state index contributed by atoms with van der Waals surface area (Å²) in [6.07, 6.45) is 6.88. The lowest BCUT2D eigenvalue weighted by Crippen LogP contribution is -2.16. The summed E-state index contributed by atoms with van der Waals surface area (Å²) < 4.78 is 0. The molecule has 2 aromatic carbocycles. The number of phenolic OH excluding ortho intramolecular Hbond substituents is 6. The van der Waals surface area contributed by atoms with Crippen LogP contribution in [0.4, 0.5) is 0 Å². The third kappa shape index (κ3) is 8.94. The van der Waals surface area contributed by atoms with E-state index in [1.54, 1.807) is 26.0 Å². The fourth-order valence-electron chi connectivity index (χ4n) is 5.89. The van der Waals surface area contributed by atoms with E-state index in [0.717, 1.165) is 24.0 Å². The topological polar surface area (TPSA) is 156 Å². The molecule has 2 atom stereocenters. The molecule has 6 N–H and O–H groups in total.